The van der Waals surface area contributed by atoms with E-state index < -0.39 is 5.41 Å². The first-order chi connectivity index (χ1) is 17.9. The van der Waals surface area contributed by atoms with Crippen molar-refractivity contribution in [3.8, 4) is 17.9 Å². The van der Waals surface area contributed by atoms with Crippen LogP contribution in [-0.2, 0) is 14.9 Å². The van der Waals surface area contributed by atoms with Gasteiger partial charge in [-0.2, -0.15) is 5.26 Å². The molecule has 0 atom stereocenters. The Kier molecular flexibility index (Phi) is 5.81. The fraction of sp³-hybridized carbons (Fsp3) is 0.400. The van der Waals surface area contributed by atoms with Crippen molar-refractivity contribution in [2.75, 3.05) is 58.0 Å². The molecule has 188 valence electrons. The van der Waals surface area contributed by atoms with Crippen molar-refractivity contribution in [1.29, 1.82) is 5.26 Å². The van der Waals surface area contributed by atoms with Crippen molar-refractivity contribution in [2.24, 2.45) is 0 Å². The number of nitriles is 1. The summed E-state index contributed by atoms with van der Waals surface area (Å²) in [4.78, 5) is 22.4. The molecule has 2 fully saturated rings. The van der Waals surface area contributed by atoms with Crippen molar-refractivity contribution in [1.82, 2.24) is 9.88 Å². The van der Waals surface area contributed by atoms with Gasteiger partial charge in [-0.25, -0.2) is 0 Å². The predicted octanol–water partition coefficient (Wildman–Crippen LogP) is 3.43. The minimum absolute atomic E-state index is 0.00331. The lowest BCUT2D eigenvalue weighted by Crippen LogP contribution is -2.56. The minimum Gasteiger partial charge on any atom is -0.378 e. The number of anilines is 1. The number of benzene rings is 2. The summed E-state index contributed by atoms with van der Waals surface area (Å²) in [6.07, 6.45) is 0. The van der Waals surface area contributed by atoms with Gasteiger partial charge in [0.1, 0.15) is 6.61 Å². The van der Waals surface area contributed by atoms with Gasteiger partial charge in [-0.3, -0.25) is 9.69 Å². The Morgan fingerprint density at radius 1 is 1.16 bits per heavy atom. The highest BCUT2D eigenvalue weighted by atomic mass is 16.5. The molecular formula is C30H30N4O3. The Morgan fingerprint density at radius 3 is 2.62 bits per heavy atom. The molecule has 3 aliphatic rings. The predicted molar refractivity (Wildman–Crippen MR) is 142 cm³/mol. The summed E-state index contributed by atoms with van der Waals surface area (Å²) < 4.78 is 10.6. The summed E-state index contributed by atoms with van der Waals surface area (Å²) in [6.45, 7) is 10.1. The Labute approximate surface area is 217 Å². The number of methoxy groups -OCH3 is 1. The number of piperazine rings is 1. The van der Waals surface area contributed by atoms with E-state index in [2.05, 4.69) is 52.6 Å². The summed E-state index contributed by atoms with van der Waals surface area (Å²) in [5.74, 6) is 6.39. The molecule has 2 aliphatic heterocycles. The number of nitrogens with zero attached hydrogens (tertiary/aromatic N) is 3. The van der Waals surface area contributed by atoms with Crippen molar-refractivity contribution in [2.45, 2.75) is 25.3 Å². The molecule has 1 aliphatic carbocycles. The lowest BCUT2D eigenvalue weighted by atomic mass is 9.70. The number of hydrogen-bond acceptors (Lipinski definition) is 6. The minimum atomic E-state index is -0.428. The summed E-state index contributed by atoms with van der Waals surface area (Å²) in [6, 6.07) is 12.4. The number of aromatic amines is 1. The molecule has 0 bridgehead atoms. The standard InChI is InChI=1S/C30H30N4O3/c1-30(2)24-15-26(34-10-8-33(9-11-34)21-17-37-18-21)20(5-4-12-36-3)14-23(24)28(35)27-22-7-6-19(16-31)13-25(22)32-29(27)30/h6-7,13-15,21,32H,8-12,17-18H2,1-3H3. The van der Waals surface area contributed by atoms with E-state index in [4.69, 9.17) is 9.47 Å². The second kappa shape index (κ2) is 9.04. The van der Waals surface area contributed by atoms with E-state index in [0.717, 1.165) is 72.8 Å². The molecule has 0 radical (unpaired) electrons. The zero-order valence-corrected chi connectivity index (χ0v) is 21.5. The normalized spacial score (nSPS) is 19.0. The van der Waals surface area contributed by atoms with Crippen molar-refractivity contribution in [3.05, 3.63) is 63.8 Å². The highest BCUT2D eigenvalue weighted by molar-refractivity contribution is 6.20. The number of hydrogen-bond donors (Lipinski definition) is 1. The van der Waals surface area contributed by atoms with Gasteiger partial charge in [-0.1, -0.05) is 31.8 Å². The number of carbonyl (C=O) groups excluding carboxylic acids is 1. The molecule has 1 N–H and O–H groups in total. The van der Waals surface area contributed by atoms with Crippen molar-refractivity contribution >= 4 is 22.4 Å². The average molecular weight is 495 g/mol. The molecule has 3 aromatic rings. The largest absolute Gasteiger partial charge is 0.378 e. The molecule has 37 heavy (non-hydrogen) atoms. The van der Waals surface area contributed by atoms with Crippen LogP contribution in [0.25, 0.3) is 10.9 Å². The molecule has 7 nitrogen and oxygen atoms in total. The van der Waals surface area contributed by atoms with Gasteiger partial charge in [0.05, 0.1) is 42.1 Å². The number of ketones is 1. The number of H-pyrrole nitrogens is 1. The van der Waals surface area contributed by atoms with Gasteiger partial charge in [0.2, 0.25) is 0 Å². The molecule has 0 saturated carbocycles. The van der Waals surface area contributed by atoms with Crippen molar-refractivity contribution in [3.63, 3.8) is 0 Å². The van der Waals surface area contributed by atoms with Crippen LogP contribution in [0.15, 0.2) is 30.3 Å². The zero-order valence-electron chi connectivity index (χ0n) is 21.5. The molecule has 6 rings (SSSR count). The smallest absolute Gasteiger partial charge is 0.195 e. The molecule has 1 aromatic heterocycles. The molecule has 2 aromatic carbocycles. The van der Waals surface area contributed by atoms with E-state index in [1.54, 1.807) is 13.2 Å². The number of fused-ring (bicyclic) bond motifs is 4. The SMILES string of the molecule is COCC#Cc1cc2c(cc1N1CCN(C3COC3)CC1)C(C)(C)c1[nH]c3cc(C#N)ccc3c1C2=O. The van der Waals surface area contributed by atoms with Gasteiger partial charge < -0.3 is 19.4 Å². The quantitative estimate of drug-likeness (QED) is 0.562. The Hall–Kier alpha value is -3.62. The van der Waals surface area contributed by atoms with Crippen LogP contribution in [0.1, 0.15) is 52.2 Å². The van der Waals surface area contributed by atoms with E-state index in [0.29, 0.717) is 29.3 Å². The maximum atomic E-state index is 14.0. The third-order valence-corrected chi connectivity index (χ3v) is 8.06. The molecule has 2 saturated heterocycles. The van der Waals surface area contributed by atoms with Gasteiger partial charge in [-0.15, -0.1) is 0 Å². The second-order valence-electron chi connectivity index (χ2n) is 10.6. The fourth-order valence-corrected chi connectivity index (χ4v) is 5.86. The Balaban J connectivity index is 1.45. The van der Waals surface area contributed by atoms with E-state index in [9.17, 15) is 10.1 Å². The van der Waals surface area contributed by atoms with Crippen LogP contribution in [0.5, 0.6) is 0 Å². The van der Waals surface area contributed by atoms with Gasteiger partial charge >= 0.3 is 0 Å². The third-order valence-electron chi connectivity index (χ3n) is 8.06. The first-order valence-corrected chi connectivity index (χ1v) is 12.8. The fourth-order valence-electron chi connectivity index (χ4n) is 5.86. The molecule has 7 heteroatoms. The molecule has 0 spiro atoms. The lowest BCUT2D eigenvalue weighted by Gasteiger charge is -2.43. The number of aromatic nitrogens is 1. The number of rotatable bonds is 3. The van der Waals surface area contributed by atoms with Crippen LogP contribution in [0.3, 0.4) is 0 Å². The van der Waals surface area contributed by atoms with E-state index in [-0.39, 0.29) is 5.78 Å². The molecule has 3 heterocycles. The topological polar surface area (TPSA) is 81.6 Å². The Morgan fingerprint density at radius 2 is 1.95 bits per heavy atom. The van der Waals surface area contributed by atoms with E-state index in [1.807, 2.05) is 18.2 Å². The van der Waals surface area contributed by atoms with E-state index >= 15 is 0 Å². The van der Waals surface area contributed by atoms with Crippen LogP contribution in [0, 0.1) is 23.2 Å². The van der Waals surface area contributed by atoms with E-state index in [1.165, 1.54) is 0 Å². The van der Waals surface area contributed by atoms with Crippen LogP contribution in [-0.4, -0.2) is 74.8 Å². The summed E-state index contributed by atoms with van der Waals surface area (Å²) in [5, 5.41) is 10.2. The maximum absolute atomic E-state index is 14.0. The van der Waals surface area contributed by atoms with Crippen LogP contribution in [0.4, 0.5) is 5.69 Å². The summed E-state index contributed by atoms with van der Waals surface area (Å²) in [5.41, 5.74) is 6.16. The summed E-state index contributed by atoms with van der Waals surface area (Å²) in [7, 11) is 1.63. The highest BCUT2D eigenvalue weighted by Crippen LogP contribution is 2.45. The third kappa shape index (κ3) is 3.83. The first kappa shape index (κ1) is 23.8. The van der Waals surface area contributed by atoms with Crippen molar-refractivity contribution < 1.29 is 14.3 Å². The van der Waals surface area contributed by atoms with Crippen LogP contribution in [0.2, 0.25) is 0 Å². The number of ether oxygens (including phenoxy) is 2. The van der Waals surface area contributed by atoms with Crippen LogP contribution < -0.4 is 4.90 Å². The highest BCUT2D eigenvalue weighted by Gasteiger charge is 2.41. The van der Waals surface area contributed by atoms with Gasteiger partial charge in [0.15, 0.2) is 5.78 Å². The van der Waals surface area contributed by atoms with Crippen LogP contribution >= 0.6 is 0 Å². The summed E-state index contributed by atoms with van der Waals surface area (Å²) >= 11 is 0. The maximum Gasteiger partial charge on any atom is 0.195 e. The number of nitrogens with one attached hydrogen (secondary N) is 1. The lowest BCUT2D eigenvalue weighted by molar-refractivity contribution is -0.0660. The van der Waals surface area contributed by atoms with Gasteiger partial charge in [0.25, 0.3) is 0 Å². The molecule has 0 amide bonds. The average Bonchev–Trinajstić information content (AvgIpc) is 3.27. The monoisotopic (exact) mass is 494 g/mol. The van der Waals surface area contributed by atoms with Gasteiger partial charge in [-0.05, 0) is 29.8 Å². The molecular weight excluding hydrogens is 464 g/mol. The second-order valence-corrected chi connectivity index (χ2v) is 10.6. The number of carbonyl (C=O) groups is 1. The Bertz CT molecular complexity index is 1510. The zero-order chi connectivity index (χ0) is 25.7. The first-order valence-electron chi connectivity index (χ1n) is 12.8. The van der Waals surface area contributed by atoms with Gasteiger partial charge in [0, 0.05) is 66.4 Å². The molecule has 0 unspecified atom stereocenters.